The maximum absolute atomic E-state index is 11.5. The fraction of sp³-hybridized carbons (Fsp3) is 0.700. The van der Waals surface area contributed by atoms with E-state index in [9.17, 15) is 14.4 Å². The van der Waals surface area contributed by atoms with Gasteiger partial charge in [0.15, 0.2) is 0 Å². The predicted molar refractivity (Wildman–Crippen MR) is 61.5 cm³/mol. The van der Waals surface area contributed by atoms with Gasteiger partial charge in [-0.3, -0.25) is 9.59 Å². The quantitative estimate of drug-likeness (QED) is 0.607. The molecule has 3 N–H and O–H groups in total. The third kappa shape index (κ3) is 5.19. The van der Waals surface area contributed by atoms with Crippen molar-refractivity contribution >= 4 is 17.9 Å². The molecular weight excluding hydrogens is 226 g/mol. The Balaban J connectivity index is 4.23. The van der Waals surface area contributed by atoms with Gasteiger partial charge in [-0.05, 0) is 6.92 Å². The first-order valence-corrected chi connectivity index (χ1v) is 5.25. The summed E-state index contributed by atoms with van der Waals surface area (Å²) in [5.74, 6) is -1.63. The molecule has 0 rings (SSSR count). The van der Waals surface area contributed by atoms with Crippen LogP contribution in [0.25, 0.3) is 0 Å². The molecule has 0 aliphatic rings. The standard InChI is InChI=1S/C10H19N3O4/c1-6(8(14)11-3)5-13(4)10(17)12-7(2)9(15)16/h6-7H,5H2,1-4H3,(H,11,14)(H,12,17)(H,15,16). The molecule has 0 radical (unpaired) electrons. The first-order valence-electron chi connectivity index (χ1n) is 5.25. The van der Waals surface area contributed by atoms with Gasteiger partial charge in [0.25, 0.3) is 0 Å². The summed E-state index contributed by atoms with van der Waals surface area (Å²) >= 11 is 0. The zero-order valence-electron chi connectivity index (χ0n) is 10.5. The number of amides is 3. The Bertz CT molecular complexity index is 306. The molecule has 0 heterocycles. The van der Waals surface area contributed by atoms with Gasteiger partial charge in [0.05, 0.1) is 5.92 Å². The zero-order valence-corrected chi connectivity index (χ0v) is 10.5. The lowest BCUT2D eigenvalue weighted by molar-refractivity contribution is -0.138. The molecule has 0 aliphatic carbocycles. The number of carboxylic acids is 1. The Morgan fingerprint density at radius 1 is 1.29 bits per heavy atom. The van der Waals surface area contributed by atoms with Crippen molar-refractivity contribution in [2.24, 2.45) is 5.92 Å². The summed E-state index contributed by atoms with van der Waals surface area (Å²) in [7, 11) is 3.02. The molecule has 0 aromatic rings. The van der Waals surface area contributed by atoms with E-state index >= 15 is 0 Å². The van der Waals surface area contributed by atoms with Crippen molar-refractivity contribution in [3.05, 3.63) is 0 Å². The lowest BCUT2D eigenvalue weighted by Gasteiger charge is -2.22. The van der Waals surface area contributed by atoms with Crippen LogP contribution in [0.4, 0.5) is 4.79 Å². The minimum atomic E-state index is -1.11. The summed E-state index contributed by atoms with van der Waals surface area (Å²) < 4.78 is 0. The van der Waals surface area contributed by atoms with E-state index < -0.39 is 18.0 Å². The van der Waals surface area contributed by atoms with E-state index in [0.29, 0.717) is 0 Å². The molecule has 98 valence electrons. The van der Waals surface area contributed by atoms with E-state index in [1.807, 2.05) is 0 Å². The average Bonchev–Trinajstić information content (AvgIpc) is 2.27. The lowest BCUT2D eigenvalue weighted by Crippen LogP contribution is -2.47. The highest BCUT2D eigenvalue weighted by Crippen LogP contribution is 1.99. The first kappa shape index (κ1) is 15.2. The summed E-state index contributed by atoms with van der Waals surface area (Å²) in [4.78, 5) is 34.6. The molecule has 7 nitrogen and oxygen atoms in total. The first-order chi connectivity index (χ1) is 7.79. The SMILES string of the molecule is CNC(=O)C(C)CN(C)C(=O)NC(C)C(=O)O. The van der Waals surface area contributed by atoms with Crippen molar-refractivity contribution in [2.75, 3.05) is 20.6 Å². The van der Waals surface area contributed by atoms with Crippen molar-refractivity contribution in [3.63, 3.8) is 0 Å². The van der Waals surface area contributed by atoms with Gasteiger partial charge >= 0.3 is 12.0 Å². The second-order valence-corrected chi connectivity index (χ2v) is 3.91. The predicted octanol–water partition coefficient (Wildman–Crippen LogP) is -0.517. The number of carbonyl (C=O) groups is 3. The molecule has 7 heteroatoms. The minimum absolute atomic E-state index is 0.170. The van der Waals surface area contributed by atoms with Crippen molar-refractivity contribution in [1.82, 2.24) is 15.5 Å². The highest BCUT2D eigenvalue weighted by molar-refractivity contribution is 5.83. The third-order valence-corrected chi connectivity index (χ3v) is 2.30. The van der Waals surface area contributed by atoms with Crippen LogP contribution in [0.2, 0.25) is 0 Å². The molecule has 0 spiro atoms. The Hall–Kier alpha value is -1.79. The summed E-state index contributed by atoms with van der Waals surface area (Å²) in [6, 6.07) is -1.48. The molecule has 0 bridgehead atoms. The Morgan fingerprint density at radius 3 is 2.24 bits per heavy atom. The van der Waals surface area contributed by atoms with Crippen LogP contribution in [0.15, 0.2) is 0 Å². The number of rotatable bonds is 5. The van der Waals surface area contributed by atoms with E-state index in [2.05, 4.69) is 10.6 Å². The van der Waals surface area contributed by atoms with Crippen LogP contribution in [0.5, 0.6) is 0 Å². The van der Waals surface area contributed by atoms with E-state index in [1.165, 1.54) is 25.9 Å². The summed E-state index contributed by atoms with van der Waals surface area (Å²) in [6.45, 7) is 3.28. The van der Waals surface area contributed by atoms with E-state index in [0.717, 1.165) is 0 Å². The maximum Gasteiger partial charge on any atom is 0.325 e. The van der Waals surface area contributed by atoms with Crippen LogP contribution in [0.3, 0.4) is 0 Å². The Morgan fingerprint density at radius 2 is 1.82 bits per heavy atom. The van der Waals surface area contributed by atoms with Crippen LogP contribution in [0, 0.1) is 5.92 Å². The third-order valence-electron chi connectivity index (χ3n) is 2.30. The minimum Gasteiger partial charge on any atom is -0.480 e. The number of carbonyl (C=O) groups excluding carboxylic acids is 2. The largest absolute Gasteiger partial charge is 0.480 e. The van der Waals surface area contributed by atoms with Gasteiger partial charge in [0.1, 0.15) is 6.04 Å². The van der Waals surface area contributed by atoms with Crippen LogP contribution in [-0.2, 0) is 9.59 Å². The molecule has 0 aromatic carbocycles. The second kappa shape index (κ2) is 6.72. The number of carboxylic acid groups (broad SMARTS) is 1. The molecule has 0 aliphatic heterocycles. The second-order valence-electron chi connectivity index (χ2n) is 3.91. The lowest BCUT2D eigenvalue weighted by atomic mass is 10.1. The number of nitrogens with zero attached hydrogens (tertiary/aromatic N) is 1. The molecule has 0 saturated carbocycles. The van der Waals surface area contributed by atoms with Gasteiger partial charge in [-0.15, -0.1) is 0 Å². The average molecular weight is 245 g/mol. The smallest absolute Gasteiger partial charge is 0.325 e. The molecule has 0 saturated heterocycles. The molecule has 3 amide bonds. The summed E-state index contributed by atoms with van der Waals surface area (Å²) in [6.07, 6.45) is 0. The van der Waals surface area contributed by atoms with Gasteiger partial charge in [-0.1, -0.05) is 6.92 Å². The van der Waals surface area contributed by atoms with E-state index in [4.69, 9.17) is 5.11 Å². The number of urea groups is 1. The molecule has 2 unspecified atom stereocenters. The molecular formula is C10H19N3O4. The normalized spacial score (nSPS) is 13.4. The van der Waals surface area contributed by atoms with Crippen LogP contribution < -0.4 is 10.6 Å². The highest BCUT2D eigenvalue weighted by atomic mass is 16.4. The van der Waals surface area contributed by atoms with Gasteiger partial charge in [0, 0.05) is 20.6 Å². The van der Waals surface area contributed by atoms with Crippen molar-refractivity contribution in [1.29, 1.82) is 0 Å². The number of hydrogen-bond acceptors (Lipinski definition) is 3. The summed E-state index contributed by atoms with van der Waals surface area (Å²) in [5.41, 5.74) is 0. The fourth-order valence-corrected chi connectivity index (χ4v) is 1.18. The molecule has 0 aromatic heterocycles. The highest BCUT2D eigenvalue weighted by Gasteiger charge is 2.20. The topological polar surface area (TPSA) is 98.7 Å². The number of hydrogen-bond donors (Lipinski definition) is 3. The monoisotopic (exact) mass is 245 g/mol. The van der Waals surface area contributed by atoms with Gasteiger partial charge < -0.3 is 20.6 Å². The maximum atomic E-state index is 11.5. The van der Waals surface area contributed by atoms with Crippen molar-refractivity contribution < 1.29 is 19.5 Å². The van der Waals surface area contributed by atoms with Gasteiger partial charge in [0.2, 0.25) is 5.91 Å². The fourth-order valence-electron chi connectivity index (χ4n) is 1.18. The van der Waals surface area contributed by atoms with Gasteiger partial charge in [-0.2, -0.15) is 0 Å². The van der Waals surface area contributed by atoms with Gasteiger partial charge in [-0.25, -0.2) is 4.79 Å². The van der Waals surface area contributed by atoms with Crippen molar-refractivity contribution in [2.45, 2.75) is 19.9 Å². The number of aliphatic carboxylic acids is 1. The molecule has 17 heavy (non-hydrogen) atoms. The molecule has 2 atom stereocenters. The Labute approximate surface area is 100 Å². The van der Waals surface area contributed by atoms with Crippen molar-refractivity contribution in [3.8, 4) is 0 Å². The van der Waals surface area contributed by atoms with E-state index in [-0.39, 0.29) is 18.4 Å². The zero-order chi connectivity index (χ0) is 13.6. The number of nitrogens with one attached hydrogen (secondary N) is 2. The summed E-state index contributed by atoms with van der Waals surface area (Å²) in [5, 5.41) is 13.4. The van der Waals surface area contributed by atoms with Crippen LogP contribution in [-0.4, -0.2) is 54.6 Å². The van der Waals surface area contributed by atoms with Crippen LogP contribution in [0.1, 0.15) is 13.8 Å². The van der Waals surface area contributed by atoms with Crippen LogP contribution >= 0.6 is 0 Å². The Kier molecular flexibility index (Phi) is 6.01. The molecule has 0 fully saturated rings. The van der Waals surface area contributed by atoms with E-state index in [1.54, 1.807) is 6.92 Å².